The molecule has 23 heavy (non-hydrogen) atoms. The number of hydrogen-bond donors (Lipinski definition) is 3. The minimum Gasteiger partial charge on any atom is -0.466 e. The summed E-state index contributed by atoms with van der Waals surface area (Å²) in [7, 11) is 0. The van der Waals surface area contributed by atoms with Gasteiger partial charge in [0, 0.05) is 20.4 Å². The molecule has 0 aromatic carbocycles. The first-order chi connectivity index (χ1) is 10.9. The third kappa shape index (κ3) is 10.2. The SMILES string of the molecule is CC(=O)OCCC(CN)(CCOC(C)=O)C(=O)OCC#N.NN. The fourth-order valence-corrected chi connectivity index (χ4v) is 1.65. The molecule has 10 nitrogen and oxygen atoms in total. The Morgan fingerprint density at radius 2 is 1.43 bits per heavy atom. The Bertz CT molecular complexity index is 401. The van der Waals surface area contributed by atoms with Crippen molar-refractivity contribution in [2.24, 2.45) is 22.8 Å². The van der Waals surface area contributed by atoms with Gasteiger partial charge in [-0.25, -0.2) is 0 Å². The molecule has 10 heteroatoms. The molecule has 0 unspecified atom stereocenters. The van der Waals surface area contributed by atoms with E-state index in [9.17, 15) is 14.4 Å². The fraction of sp³-hybridized carbons (Fsp3) is 0.692. The summed E-state index contributed by atoms with van der Waals surface area (Å²) in [6.07, 6.45) is 0.239. The second kappa shape index (κ2) is 13.4. The van der Waals surface area contributed by atoms with Gasteiger partial charge in [-0.1, -0.05) is 0 Å². The number of carbonyl (C=O) groups is 3. The summed E-state index contributed by atoms with van der Waals surface area (Å²) >= 11 is 0. The van der Waals surface area contributed by atoms with E-state index in [1.54, 1.807) is 6.07 Å². The van der Waals surface area contributed by atoms with E-state index in [0.29, 0.717) is 0 Å². The van der Waals surface area contributed by atoms with Gasteiger partial charge in [0.2, 0.25) is 0 Å². The molecule has 0 heterocycles. The molecule has 0 fully saturated rings. The van der Waals surface area contributed by atoms with Crippen molar-refractivity contribution in [3.63, 3.8) is 0 Å². The number of hydrogen-bond acceptors (Lipinski definition) is 10. The van der Waals surface area contributed by atoms with Crippen LogP contribution in [0.2, 0.25) is 0 Å². The summed E-state index contributed by atoms with van der Waals surface area (Å²) in [5, 5.41) is 8.45. The van der Waals surface area contributed by atoms with Gasteiger partial charge >= 0.3 is 17.9 Å². The summed E-state index contributed by atoms with van der Waals surface area (Å²) in [4.78, 5) is 33.6. The van der Waals surface area contributed by atoms with Crippen LogP contribution in [0.5, 0.6) is 0 Å². The quantitative estimate of drug-likeness (QED) is 0.199. The summed E-state index contributed by atoms with van der Waals surface area (Å²) < 4.78 is 14.4. The number of hydrazine groups is 1. The molecule has 6 N–H and O–H groups in total. The van der Waals surface area contributed by atoms with Crippen LogP contribution in [0, 0.1) is 16.7 Å². The highest BCUT2D eigenvalue weighted by atomic mass is 16.5. The van der Waals surface area contributed by atoms with Gasteiger partial charge in [-0.2, -0.15) is 5.26 Å². The Balaban J connectivity index is 0. The van der Waals surface area contributed by atoms with E-state index < -0.39 is 29.9 Å². The molecule has 0 atom stereocenters. The molecule has 132 valence electrons. The van der Waals surface area contributed by atoms with Crippen LogP contribution in [0.3, 0.4) is 0 Å². The van der Waals surface area contributed by atoms with Crippen LogP contribution >= 0.6 is 0 Å². The molecular weight excluding hydrogens is 308 g/mol. The number of nitriles is 1. The van der Waals surface area contributed by atoms with E-state index in [1.165, 1.54) is 13.8 Å². The zero-order valence-electron chi connectivity index (χ0n) is 13.4. The largest absolute Gasteiger partial charge is 0.466 e. The second-order valence-electron chi connectivity index (χ2n) is 4.40. The lowest BCUT2D eigenvalue weighted by molar-refractivity contribution is -0.159. The standard InChI is InChI=1S/C13H20N2O6.H4N2/c1-10(16)19-6-3-13(9-15,4-7-20-11(2)17)12(18)21-8-5-14;1-2/h3-4,6-9,15H2,1-2H3;1-2H2. The third-order valence-corrected chi connectivity index (χ3v) is 2.86. The molecule has 0 bridgehead atoms. The van der Waals surface area contributed by atoms with Crippen LogP contribution in [0.4, 0.5) is 0 Å². The molecule has 0 spiro atoms. The summed E-state index contributed by atoms with van der Waals surface area (Å²) in [6.45, 7) is 1.97. The molecule has 0 rings (SSSR count). The van der Waals surface area contributed by atoms with Crippen LogP contribution in [-0.4, -0.2) is 44.3 Å². The fourth-order valence-electron chi connectivity index (χ4n) is 1.65. The predicted octanol–water partition coefficient (Wildman–Crippen LogP) is -1.28. The lowest BCUT2D eigenvalue weighted by atomic mass is 9.81. The maximum absolute atomic E-state index is 12.1. The van der Waals surface area contributed by atoms with Crippen molar-refractivity contribution in [1.29, 1.82) is 5.26 Å². The lowest BCUT2D eigenvalue weighted by Gasteiger charge is -2.29. The highest BCUT2D eigenvalue weighted by Crippen LogP contribution is 2.28. The Hall–Kier alpha value is -2.22. The van der Waals surface area contributed by atoms with Crippen molar-refractivity contribution >= 4 is 17.9 Å². The molecule has 0 amide bonds. The molecular formula is C13H24N4O6. The minimum absolute atomic E-state index is 0.0196. The molecule has 0 radical (unpaired) electrons. The van der Waals surface area contributed by atoms with E-state index >= 15 is 0 Å². The van der Waals surface area contributed by atoms with Crippen LogP contribution < -0.4 is 17.4 Å². The number of nitrogens with two attached hydrogens (primary N) is 3. The molecule has 0 aromatic rings. The average Bonchev–Trinajstić information content (AvgIpc) is 2.52. The topological polar surface area (TPSA) is 181 Å². The van der Waals surface area contributed by atoms with E-state index in [-0.39, 0.29) is 32.6 Å². The van der Waals surface area contributed by atoms with Gasteiger partial charge in [-0.05, 0) is 12.8 Å². The third-order valence-electron chi connectivity index (χ3n) is 2.86. The van der Waals surface area contributed by atoms with Crippen molar-refractivity contribution in [2.75, 3.05) is 26.4 Å². The van der Waals surface area contributed by atoms with Gasteiger partial charge in [0.05, 0.1) is 18.6 Å². The van der Waals surface area contributed by atoms with Gasteiger partial charge in [-0.3, -0.25) is 26.1 Å². The predicted molar refractivity (Wildman–Crippen MR) is 78.9 cm³/mol. The van der Waals surface area contributed by atoms with Crippen molar-refractivity contribution in [1.82, 2.24) is 0 Å². The molecule has 0 aliphatic rings. The van der Waals surface area contributed by atoms with Crippen LogP contribution in [0.25, 0.3) is 0 Å². The van der Waals surface area contributed by atoms with Gasteiger partial charge in [0.15, 0.2) is 6.61 Å². The van der Waals surface area contributed by atoms with E-state index in [0.717, 1.165) is 0 Å². The monoisotopic (exact) mass is 332 g/mol. The highest BCUT2D eigenvalue weighted by molar-refractivity contribution is 5.77. The first kappa shape index (κ1) is 23.1. The maximum atomic E-state index is 12.1. The Kier molecular flexibility index (Phi) is 13.5. The summed E-state index contributed by atoms with van der Waals surface area (Å²) in [5.74, 6) is 6.36. The number of carbonyl (C=O) groups excluding carboxylic acids is 3. The second-order valence-corrected chi connectivity index (χ2v) is 4.40. The zero-order valence-corrected chi connectivity index (χ0v) is 13.4. The highest BCUT2D eigenvalue weighted by Gasteiger charge is 2.39. The van der Waals surface area contributed by atoms with Crippen LogP contribution in [0.1, 0.15) is 26.7 Å². The molecule has 0 saturated heterocycles. The Morgan fingerprint density at radius 1 is 1.00 bits per heavy atom. The van der Waals surface area contributed by atoms with Crippen LogP contribution in [-0.2, 0) is 28.6 Å². The minimum atomic E-state index is -1.16. The lowest BCUT2D eigenvalue weighted by Crippen LogP contribution is -2.42. The van der Waals surface area contributed by atoms with E-state index in [1.807, 2.05) is 0 Å². The zero-order chi connectivity index (χ0) is 18.3. The van der Waals surface area contributed by atoms with Gasteiger partial charge in [-0.15, -0.1) is 0 Å². The maximum Gasteiger partial charge on any atom is 0.314 e. The number of rotatable bonds is 9. The molecule has 0 aliphatic carbocycles. The van der Waals surface area contributed by atoms with Crippen molar-refractivity contribution in [3.05, 3.63) is 0 Å². The van der Waals surface area contributed by atoms with Crippen LogP contribution in [0.15, 0.2) is 0 Å². The van der Waals surface area contributed by atoms with Gasteiger partial charge in [0.25, 0.3) is 0 Å². The van der Waals surface area contributed by atoms with Crippen molar-refractivity contribution in [2.45, 2.75) is 26.7 Å². The first-order valence-electron chi connectivity index (χ1n) is 6.72. The molecule has 0 saturated carbocycles. The number of ether oxygens (including phenoxy) is 3. The Labute approximate surface area is 134 Å². The van der Waals surface area contributed by atoms with Gasteiger partial charge < -0.3 is 19.9 Å². The first-order valence-corrected chi connectivity index (χ1v) is 6.72. The normalized spacial score (nSPS) is 9.74. The van der Waals surface area contributed by atoms with E-state index in [4.69, 9.17) is 25.2 Å². The summed E-state index contributed by atoms with van der Waals surface area (Å²) in [5.41, 5.74) is 4.48. The molecule has 0 aromatic heterocycles. The average molecular weight is 332 g/mol. The van der Waals surface area contributed by atoms with E-state index in [2.05, 4.69) is 11.7 Å². The summed E-state index contributed by atoms with van der Waals surface area (Å²) in [6, 6.07) is 1.69. The number of nitrogens with zero attached hydrogens (tertiary/aromatic N) is 1. The van der Waals surface area contributed by atoms with Crippen molar-refractivity contribution in [3.8, 4) is 6.07 Å². The smallest absolute Gasteiger partial charge is 0.314 e. The van der Waals surface area contributed by atoms with Gasteiger partial charge in [0.1, 0.15) is 6.07 Å². The molecule has 0 aliphatic heterocycles. The number of esters is 3. The van der Waals surface area contributed by atoms with Crippen molar-refractivity contribution < 1.29 is 28.6 Å². The Morgan fingerprint density at radius 3 is 1.74 bits per heavy atom.